The van der Waals surface area contributed by atoms with Crippen LogP contribution in [0, 0.1) is 0 Å². The van der Waals surface area contributed by atoms with Crippen LogP contribution in [0.4, 0.5) is 5.69 Å². The summed E-state index contributed by atoms with van der Waals surface area (Å²) in [6.07, 6.45) is 1.03. The molecule has 12 heteroatoms. The molecule has 11 nitrogen and oxygen atoms in total. The van der Waals surface area contributed by atoms with Gasteiger partial charge in [0.2, 0.25) is 5.82 Å². The summed E-state index contributed by atoms with van der Waals surface area (Å²) in [5.74, 6) is -2.10. The van der Waals surface area contributed by atoms with Crippen LogP contribution in [-0.2, 0) is 22.6 Å². The maximum Gasteiger partial charge on any atom is 0.311 e. The monoisotopic (exact) mass is 561 g/mol. The minimum Gasteiger partial charge on any atom is -0.482 e. The molecule has 0 bridgehead atoms. The third-order valence-electron chi connectivity index (χ3n) is 6.65. The molecule has 1 aliphatic carbocycles. The van der Waals surface area contributed by atoms with Gasteiger partial charge in [0.1, 0.15) is 10.6 Å². The van der Waals surface area contributed by atoms with Crippen molar-refractivity contribution in [1.82, 2.24) is 15.3 Å². The van der Waals surface area contributed by atoms with Crippen LogP contribution in [0.1, 0.15) is 57.5 Å². The molecule has 0 saturated heterocycles. The maximum absolute atomic E-state index is 12.6. The molecule has 1 aliphatic heterocycles. The Balaban J connectivity index is 0.000000306. The molecule has 0 saturated carbocycles. The fourth-order valence-electron chi connectivity index (χ4n) is 4.67. The van der Waals surface area contributed by atoms with E-state index in [-0.39, 0.29) is 36.3 Å². The summed E-state index contributed by atoms with van der Waals surface area (Å²) in [4.78, 5) is 56.1. The van der Waals surface area contributed by atoms with Crippen molar-refractivity contribution >= 4 is 45.0 Å². The van der Waals surface area contributed by atoms with Crippen molar-refractivity contribution < 1.29 is 24.2 Å². The summed E-state index contributed by atoms with van der Waals surface area (Å²) < 4.78 is 5.30. The average Bonchev–Trinajstić information content (AvgIpc) is 3.51. The van der Waals surface area contributed by atoms with E-state index in [1.54, 1.807) is 18.2 Å². The molecule has 3 heterocycles. The van der Waals surface area contributed by atoms with Crippen LogP contribution in [0.3, 0.4) is 0 Å². The number of nitrogens with one attached hydrogen (secondary N) is 3. The van der Waals surface area contributed by atoms with Crippen molar-refractivity contribution in [3.05, 3.63) is 86.3 Å². The van der Waals surface area contributed by atoms with E-state index in [9.17, 15) is 24.3 Å². The van der Waals surface area contributed by atoms with Crippen LogP contribution in [0.5, 0.6) is 5.75 Å². The molecular weight excluding hydrogens is 534 g/mol. The van der Waals surface area contributed by atoms with Gasteiger partial charge in [-0.1, -0.05) is 36.4 Å². The highest BCUT2D eigenvalue weighted by Crippen LogP contribution is 2.42. The predicted octanol–water partition coefficient (Wildman–Crippen LogP) is 3.07. The van der Waals surface area contributed by atoms with E-state index in [2.05, 4.69) is 20.6 Å². The number of carbonyl (C=O) groups excluding carboxylic acids is 2. The Labute approximate surface area is 232 Å². The number of thiophene rings is 1. The minimum absolute atomic E-state index is 0.0377. The number of ether oxygens (including phenoxy) is 1. The Morgan fingerprint density at radius 3 is 2.70 bits per heavy atom. The number of nitrogens with zero attached hydrogens (tertiary/aromatic N) is 1. The van der Waals surface area contributed by atoms with Crippen molar-refractivity contribution in [1.29, 1.82) is 0 Å². The first-order chi connectivity index (χ1) is 19.2. The van der Waals surface area contributed by atoms with Crippen molar-refractivity contribution in [2.45, 2.75) is 38.3 Å². The van der Waals surface area contributed by atoms with E-state index in [0.29, 0.717) is 34.7 Å². The Bertz CT molecular complexity index is 1660. The molecular formula is C28H27N5O6S. The van der Waals surface area contributed by atoms with E-state index in [0.717, 1.165) is 10.4 Å². The lowest BCUT2D eigenvalue weighted by Gasteiger charge is -2.18. The summed E-state index contributed by atoms with van der Waals surface area (Å²) in [6.45, 7) is 2.09. The number of aromatic nitrogens is 2. The van der Waals surface area contributed by atoms with Gasteiger partial charge in [-0.05, 0) is 48.6 Å². The Hall–Kier alpha value is -4.55. The van der Waals surface area contributed by atoms with E-state index < -0.39 is 23.4 Å². The minimum atomic E-state index is -0.966. The summed E-state index contributed by atoms with van der Waals surface area (Å²) in [7, 11) is 0. The molecule has 0 spiro atoms. The zero-order chi connectivity index (χ0) is 28.4. The second kappa shape index (κ2) is 11.3. The van der Waals surface area contributed by atoms with Crippen LogP contribution in [0.15, 0.2) is 53.3 Å². The fraction of sp³-hybridized carbons (Fsp3) is 0.250. The highest BCUT2D eigenvalue weighted by molar-refractivity contribution is 7.18. The Kier molecular flexibility index (Phi) is 7.63. The van der Waals surface area contributed by atoms with Gasteiger partial charge in [0.05, 0.1) is 17.0 Å². The molecule has 2 aromatic carbocycles. The normalized spacial score (nSPS) is 16.1. The highest BCUT2D eigenvalue weighted by atomic mass is 32.1. The van der Waals surface area contributed by atoms with Crippen LogP contribution >= 0.6 is 11.3 Å². The zero-order valence-electron chi connectivity index (χ0n) is 21.5. The van der Waals surface area contributed by atoms with Gasteiger partial charge in [0, 0.05) is 17.5 Å². The number of carbonyl (C=O) groups is 3. The molecule has 40 heavy (non-hydrogen) atoms. The topological polar surface area (TPSA) is 176 Å². The van der Waals surface area contributed by atoms with Crippen molar-refractivity contribution in [3.63, 3.8) is 0 Å². The van der Waals surface area contributed by atoms with Crippen molar-refractivity contribution in [2.24, 2.45) is 5.73 Å². The van der Waals surface area contributed by atoms with Gasteiger partial charge in [-0.25, -0.2) is 4.98 Å². The summed E-state index contributed by atoms with van der Waals surface area (Å²) in [5.41, 5.74) is 8.05. The second-order valence-corrected chi connectivity index (χ2v) is 10.6. The quantitative estimate of drug-likeness (QED) is 0.247. The molecule has 6 rings (SSSR count). The summed E-state index contributed by atoms with van der Waals surface area (Å²) in [6, 6.07) is 15.4. The fourth-order valence-corrected chi connectivity index (χ4v) is 5.92. The predicted molar refractivity (Wildman–Crippen MR) is 150 cm³/mol. The van der Waals surface area contributed by atoms with Crippen LogP contribution in [0.2, 0.25) is 0 Å². The lowest BCUT2D eigenvalue weighted by molar-refractivity contribution is -0.138. The molecule has 2 aromatic heterocycles. The number of fused-ring (bicyclic) bond motifs is 4. The highest BCUT2D eigenvalue weighted by Gasteiger charge is 2.34. The number of benzene rings is 2. The number of H-pyrrole nitrogens is 1. The van der Waals surface area contributed by atoms with Crippen LogP contribution < -0.4 is 26.7 Å². The summed E-state index contributed by atoms with van der Waals surface area (Å²) >= 11 is 1.25. The number of aliphatic carboxylic acids is 1. The van der Waals surface area contributed by atoms with E-state index in [4.69, 9.17) is 10.5 Å². The first-order valence-corrected chi connectivity index (χ1v) is 13.5. The lowest BCUT2D eigenvalue weighted by atomic mass is 10.0. The third kappa shape index (κ3) is 5.58. The molecule has 206 valence electrons. The Morgan fingerprint density at radius 2 is 2.00 bits per heavy atom. The number of hydrogen-bond donors (Lipinski definition) is 5. The second-order valence-electron chi connectivity index (χ2n) is 9.51. The molecule has 6 N–H and O–H groups in total. The number of carboxylic acids is 1. The molecule has 0 fully saturated rings. The molecule has 2 amide bonds. The number of nitrogens with two attached hydrogens (primary N) is 1. The van der Waals surface area contributed by atoms with Crippen molar-refractivity contribution in [3.8, 4) is 5.75 Å². The molecule has 2 aliphatic rings. The number of anilines is 1. The zero-order valence-corrected chi connectivity index (χ0v) is 22.3. The van der Waals surface area contributed by atoms with Gasteiger partial charge >= 0.3 is 5.97 Å². The number of rotatable bonds is 5. The van der Waals surface area contributed by atoms with Gasteiger partial charge in [-0.2, -0.15) is 0 Å². The van der Waals surface area contributed by atoms with Gasteiger partial charge in [0.25, 0.3) is 17.4 Å². The van der Waals surface area contributed by atoms with E-state index in [1.165, 1.54) is 16.9 Å². The number of hydrogen-bond acceptors (Lipinski definition) is 8. The number of aryl methyl sites for hydroxylation is 1. The number of aromatic amines is 1. The van der Waals surface area contributed by atoms with E-state index >= 15 is 0 Å². The average molecular weight is 562 g/mol. The first kappa shape index (κ1) is 27.0. The van der Waals surface area contributed by atoms with Gasteiger partial charge < -0.3 is 31.2 Å². The van der Waals surface area contributed by atoms with E-state index in [1.807, 2.05) is 37.3 Å². The summed E-state index contributed by atoms with van der Waals surface area (Å²) in [5, 5.41) is 15.1. The van der Waals surface area contributed by atoms with Gasteiger partial charge in [-0.3, -0.25) is 19.2 Å². The SMILES string of the molecule is CC(N)c1ccccc1.O=C1COc2ccc(CNC(=O)c3nc4sc5c(c4c(=O)[nH]3)C(C(=O)O)CC5)cc2N1. The van der Waals surface area contributed by atoms with Crippen LogP contribution in [-0.4, -0.2) is 39.5 Å². The third-order valence-corrected chi connectivity index (χ3v) is 7.81. The maximum atomic E-state index is 12.6. The molecule has 2 atom stereocenters. The number of carboxylic acid groups (broad SMARTS) is 1. The smallest absolute Gasteiger partial charge is 0.311 e. The molecule has 0 radical (unpaired) electrons. The lowest BCUT2D eigenvalue weighted by Crippen LogP contribution is -2.28. The van der Waals surface area contributed by atoms with Crippen molar-refractivity contribution in [2.75, 3.05) is 11.9 Å². The van der Waals surface area contributed by atoms with Crippen LogP contribution in [0.25, 0.3) is 10.2 Å². The molecule has 4 aromatic rings. The molecule has 2 unspecified atom stereocenters. The standard InChI is InChI=1S/C20H16N4O6S.C8H11N/c25-13-7-30-11-3-1-8(5-10(11)22-13)6-21-18(27)16-23-17(26)15-14-9(20(28)29)2-4-12(14)31-19(15)24-16;1-7(9)8-5-3-2-4-6-8/h1,3,5,9H,2,4,6-7H2,(H,21,27)(H,22,25)(H,28,29)(H,23,24,26);2-7H,9H2,1H3. The Morgan fingerprint density at radius 1 is 1.23 bits per heavy atom. The largest absolute Gasteiger partial charge is 0.482 e. The first-order valence-electron chi connectivity index (χ1n) is 12.6. The van der Waals surface area contributed by atoms with Gasteiger partial charge in [-0.15, -0.1) is 11.3 Å². The van der Waals surface area contributed by atoms with Gasteiger partial charge in [0.15, 0.2) is 6.61 Å². The number of amides is 2.